The van der Waals surface area contributed by atoms with E-state index in [1.165, 1.54) is 0 Å². The van der Waals surface area contributed by atoms with E-state index in [9.17, 15) is 19.2 Å². The summed E-state index contributed by atoms with van der Waals surface area (Å²) in [5, 5.41) is 13.2. The molecule has 3 rings (SSSR count). The normalized spacial score (nSPS) is 17.8. The highest BCUT2D eigenvalue weighted by Gasteiger charge is 2.50. The van der Waals surface area contributed by atoms with Gasteiger partial charge in [0.2, 0.25) is 0 Å². The fraction of sp³-hybridized carbons (Fsp3) is 0.273. The summed E-state index contributed by atoms with van der Waals surface area (Å²) in [5.74, 6) is -1.81. The highest BCUT2D eigenvalue weighted by molar-refractivity contribution is 5.96. The van der Waals surface area contributed by atoms with Crippen LogP contribution in [0.2, 0.25) is 0 Å². The number of carbonyl (C=O) groups excluding carboxylic acids is 3. The lowest BCUT2D eigenvalue weighted by Crippen LogP contribution is -2.42. The average molecular weight is 426 g/mol. The molecule has 2 amide bonds. The van der Waals surface area contributed by atoms with E-state index >= 15 is 0 Å². The SMILES string of the molecule is O=CC(Cc1ccc(OCc2ccccc2)cc1)NC(=O)C1O[C@@H]1C(=O)NCC(=O)O. The Morgan fingerprint density at radius 3 is 2.32 bits per heavy atom. The van der Waals surface area contributed by atoms with Gasteiger partial charge < -0.3 is 30.0 Å². The summed E-state index contributed by atoms with van der Waals surface area (Å²) in [6, 6.07) is 16.1. The second-order valence-corrected chi connectivity index (χ2v) is 6.96. The summed E-state index contributed by atoms with van der Waals surface area (Å²) in [5.41, 5.74) is 1.87. The van der Waals surface area contributed by atoms with E-state index in [1.807, 2.05) is 30.3 Å². The Bertz CT molecular complexity index is 931. The van der Waals surface area contributed by atoms with Crippen LogP contribution in [0.3, 0.4) is 0 Å². The molecule has 9 nitrogen and oxygen atoms in total. The molecule has 2 aromatic rings. The minimum Gasteiger partial charge on any atom is -0.489 e. The fourth-order valence-corrected chi connectivity index (χ4v) is 2.89. The van der Waals surface area contributed by atoms with Crippen molar-refractivity contribution in [2.75, 3.05) is 6.54 Å². The fourth-order valence-electron chi connectivity index (χ4n) is 2.89. The van der Waals surface area contributed by atoms with Crippen LogP contribution >= 0.6 is 0 Å². The molecular weight excluding hydrogens is 404 g/mol. The molecule has 1 heterocycles. The largest absolute Gasteiger partial charge is 0.489 e. The average Bonchev–Trinajstić information content (AvgIpc) is 3.58. The number of aldehydes is 1. The zero-order valence-electron chi connectivity index (χ0n) is 16.5. The third-order valence-electron chi connectivity index (χ3n) is 4.54. The summed E-state index contributed by atoms with van der Waals surface area (Å²) in [6.07, 6.45) is -1.21. The van der Waals surface area contributed by atoms with Gasteiger partial charge in [0.15, 0.2) is 12.2 Å². The number of benzene rings is 2. The molecule has 162 valence electrons. The molecule has 0 aliphatic carbocycles. The van der Waals surface area contributed by atoms with Crippen LogP contribution < -0.4 is 15.4 Å². The van der Waals surface area contributed by atoms with E-state index in [2.05, 4.69) is 10.6 Å². The van der Waals surface area contributed by atoms with E-state index in [-0.39, 0.29) is 6.42 Å². The first-order valence-electron chi connectivity index (χ1n) is 9.62. The number of aliphatic carboxylic acids is 1. The van der Waals surface area contributed by atoms with Crippen molar-refractivity contribution in [3.05, 3.63) is 65.7 Å². The number of nitrogens with one attached hydrogen (secondary N) is 2. The Balaban J connectivity index is 1.45. The minimum atomic E-state index is -1.20. The summed E-state index contributed by atoms with van der Waals surface area (Å²) >= 11 is 0. The van der Waals surface area contributed by atoms with Crippen molar-refractivity contribution in [3.8, 4) is 5.75 Å². The van der Waals surface area contributed by atoms with Gasteiger partial charge in [0, 0.05) is 0 Å². The molecule has 1 aliphatic heterocycles. The Kier molecular flexibility index (Phi) is 7.34. The maximum absolute atomic E-state index is 12.2. The van der Waals surface area contributed by atoms with Crippen molar-refractivity contribution in [2.24, 2.45) is 0 Å². The predicted molar refractivity (Wildman–Crippen MR) is 108 cm³/mol. The number of amides is 2. The van der Waals surface area contributed by atoms with E-state index in [4.69, 9.17) is 14.6 Å². The second-order valence-electron chi connectivity index (χ2n) is 6.96. The number of carbonyl (C=O) groups is 4. The molecule has 2 aromatic carbocycles. The number of ether oxygens (including phenoxy) is 2. The van der Waals surface area contributed by atoms with Crippen LogP contribution in [0.25, 0.3) is 0 Å². The van der Waals surface area contributed by atoms with Crippen molar-refractivity contribution in [1.29, 1.82) is 0 Å². The molecular formula is C22H22N2O7. The number of rotatable bonds is 11. The topological polar surface area (TPSA) is 134 Å². The highest BCUT2D eigenvalue weighted by Crippen LogP contribution is 2.22. The van der Waals surface area contributed by atoms with Gasteiger partial charge in [0.25, 0.3) is 11.8 Å². The van der Waals surface area contributed by atoms with Gasteiger partial charge in [0.05, 0.1) is 6.04 Å². The van der Waals surface area contributed by atoms with Crippen molar-refractivity contribution in [1.82, 2.24) is 10.6 Å². The van der Waals surface area contributed by atoms with Gasteiger partial charge in [-0.2, -0.15) is 0 Å². The molecule has 3 N–H and O–H groups in total. The molecule has 1 fully saturated rings. The molecule has 1 aliphatic rings. The number of carboxylic acids is 1. The summed E-state index contributed by atoms with van der Waals surface area (Å²) < 4.78 is 10.7. The molecule has 1 saturated heterocycles. The molecule has 2 unspecified atom stereocenters. The van der Waals surface area contributed by atoms with Gasteiger partial charge in [-0.05, 0) is 29.7 Å². The first kappa shape index (κ1) is 22.0. The molecule has 9 heteroatoms. The number of carboxylic acid groups (broad SMARTS) is 1. The maximum Gasteiger partial charge on any atom is 0.322 e. The van der Waals surface area contributed by atoms with Gasteiger partial charge >= 0.3 is 5.97 Å². The Morgan fingerprint density at radius 1 is 1.00 bits per heavy atom. The monoisotopic (exact) mass is 426 g/mol. The van der Waals surface area contributed by atoms with Crippen molar-refractivity contribution in [2.45, 2.75) is 31.3 Å². The van der Waals surface area contributed by atoms with Crippen LogP contribution in [0.15, 0.2) is 54.6 Å². The van der Waals surface area contributed by atoms with E-state index in [0.29, 0.717) is 18.6 Å². The zero-order chi connectivity index (χ0) is 22.2. The van der Waals surface area contributed by atoms with Crippen LogP contribution in [-0.2, 0) is 36.9 Å². The molecule has 0 saturated carbocycles. The van der Waals surface area contributed by atoms with E-state index in [0.717, 1.165) is 11.1 Å². The number of hydrogen-bond acceptors (Lipinski definition) is 6. The molecule has 0 bridgehead atoms. The van der Waals surface area contributed by atoms with Gasteiger partial charge in [0.1, 0.15) is 25.2 Å². The molecule has 31 heavy (non-hydrogen) atoms. The molecule has 3 atom stereocenters. The van der Waals surface area contributed by atoms with Crippen LogP contribution in [0.1, 0.15) is 11.1 Å². The van der Waals surface area contributed by atoms with Crippen molar-refractivity contribution >= 4 is 24.1 Å². The smallest absolute Gasteiger partial charge is 0.322 e. The van der Waals surface area contributed by atoms with E-state index in [1.54, 1.807) is 24.3 Å². The first-order valence-corrected chi connectivity index (χ1v) is 9.62. The first-order chi connectivity index (χ1) is 15.0. The third kappa shape index (κ3) is 6.65. The van der Waals surface area contributed by atoms with Crippen molar-refractivity contribution in [3.63, 3.8) is 0 Å². The number of hydrogen-bond donors (Lipinski definition) is 3. The summed E-state index contributed by atoms with van der Waals surface area (Å²) in [4.78, 5) is 45.7. The van der Waals surface area contributed by atoms with Crippen LogP contribution in [0.5, 0.6) is 5.75 Å². The maximum atomic E-state index is 12.2. The van der Waals surface area contributed by atoms with Gasteiger partial charge in [-0.15, -0.1) is 0 Å². The summed E-state index contributed by atoms with van der Waals surface area (Å²) in [6.45, 7) is -0.120. The Labute approximate surface area is 178 Å². The molecule has 0 spiro atoms. The molecule has 0 aromatic heterocycles. The van der Waals surface area contributed by atoms with Gasteiger partial charge in [-0.1, -0.05) is 42.5 Å². The van der Waals surface area contributed by atoms with E-state index < -0.39 is 42.6 Å². The van der Waals surface area contributed by atoms with Crippen LogP contribution in [0, 0.1) is 0 Å². The lowest BCUT2D eigenvalue weighted by atomic mass is 10.1. The van der Waals surface area contributed by atoms with Crippen LogP contribution in [0.4, 0.5) is 0 Å². The zero-order valence-corrected chi connectivity index (χ0v) is 16.5. The standard InChI is InChI=1S/C22H22N2O7/c25-12-16(24-22(29)20-19(31-20)21(28)23-11-18(26)27)10-14-6-8-17(9-7-14)30-13-15-4-2-1-3-5-15/h1-9,12,16,19-20H,10-11,13H2,(H,23,28)(H,24,29)(H,26,27)/t16?,19-,20?/m0/s1. The Hall–Kier alpha value is -3.72. The highest BCUT2D eigenvalue weighted by atomic mass is 16.6. The van der Waals surface area contributed by atoms with Crippen molar-refractivity contribution < 1.29 is 33.8 Å². The minimum absolute atomic E-state index is 0.261. The molecule has 0 radical (unpaired) electrons. The third-order valence-corrected chi connectivity index (χ3v) is 4.54. The van der Waals surface area contributed by atoms with Gasteiger partial charge in [-0.25, -0.2) is 0 Å². The number of epoxide rings is 1. The van der Waals surface area contributed by atoms with Gasteiger partial charge in [-0.3, -0.25) is 14.4 Å². The lowest BCUT2D eigenvalue weighted by molar-refractivity contribution is -0.138. The second kappa shape index (κ2) is 10.4. The Morgan fingerprint density at radius 2 is 1.68 bits per heavy atom. The quantitative estimate of drug-likeness (QED) is 0.351. The lowest BCUT2D eigenvalue weighted by Gasteiger charge is -2.13. The predicted octanol–water partition coefficient (Wildman–Crippen LogP) is 0.460. The summed E-state index contributed by atoms with van der Waals surface area (Å²) in [7, 11) is 0. The van der Waals surface area contributed by atoms with Crippen LogP contribution in [-0.4, -0.2) is 54.0 Å².